The largest absolute Gasteiger partial charge is 0.381 e. The number of rotatable bonds is 5. The summed E-state index contributed by atoms with van der Waals surface area (Å²) in [5.74, 6) is 1.98. The van der Waals surface area contributed by atoms with Gasteiger partial charge < -0.3 is 15.8 Å². The van der Waals surface area contributed by atoms with E-state index in [2.05, 4.69) is 20.2 Å². The van der Waals surface area contributed by atoms with Gasteiger partial charge in [-0.15, -0.1) is 0 Å². The van der Waals surface area contributed by atoms with Crippen LogP contribution in [0.15, 0.2) is 12.4 Å². The van der Waals surface area contributed by atoms with Gasteiger partial charge in [0.05, 0.1) is 0 Å². The lowest BCUT2D eigenvalue weighted by atomic mass is 9.95. The van der Waals surface area contributed by atoms with E-state index in [1.807, 2.05) is 0 Å². The lowest BCUT2D eigenvalue weighted by molar-refractivity contribution is -0.128. The quantitative estimate of drug-likeness (QED) is 0.820. The molecule has 0 bridgehead atoms. The second-order valence-electron chi connectivity index (χ2n) is 7.65. The molecule has 0 spiro atoms. The van der Waals surface area contributed by atoms with Crippen LogP contribution in [-0.2, 0) is 16.1 Å². The van der Waals surface area contributed by atoms with E-state index in [9.17, 15) is 4.79 Å². The number of anilines is 1. The molecule has 7 heteroatoms. The van der Waals surface area contributed by atoms with Crippen molar-refractivity contribution in [1.29, 1.82) is 0 Å². The second kappa shape index (κ2) is 7.25. The number of hydrogen-bond donors (Lipinski definition) is 2. The summed E-state index contributed by atoms with van der Waals surface area (Å²) >= 11 is 0. The molecular formula is C18H27N5O2. The molecule has 1 amide bonds. The molecule has 1 saturated carbocycles. The number of nitrogen functional groups attached to an aromatic ring is 1. The number of ether oxygens (including phenoxy) is 1. The Bertz CT molecular complexity index is 598. The Morgan fingerprint density at radius 1 is 1.20 bits per heavy atom. The maximum Gasteiger partial charge on any atom is 0.223 e. The Hall–Kier alpha value is -1.73. The number of aromatic nitrogens is 2. The van der Waals surface area contributed by atoms with Crippen LogP contribution in [0.1, 0.15) is 31.2 Å². The van der Waals surface area contributed by atoms with Crippen molar-refractivity contribution in [2.75, 3.05) is 32.0 Å². The van der Waals surface area contributed by atoms with E-state index >= 15 is 0 Å². The fourth-order valence-corrected chi connectivity index (χ4v) is 4.16. The first-order chi connectivity index (χ1) is 12.2. The van der Waals surface area contributed by atoms with Crippen LogP contribution >= 0.6 is 0 Å². The van der Waals surface area contributed by atoms with Crippen LogP contribution < -0.4 is 11.1 Å². The molecule has 3 N–H and O–H groups in total. The van der Waals surface area contributed by atoms with E-state index in [4.69, 9.17) is 10.5 Å². The van der Waals surface area contributed by atoms with Crippen molar-refractivity contribution in [2.24, 2.45) is 17.8 Å². The van der Waals surface area contributed by atoms with Crippen molar-refractivity contribution >= 4 is 11.9 Å². The zero-order chi connectivity index (χ0) is 17.2. The first kappa shape index (κ1) is 16.7. The van der Waals surface area contributed by atoms with Gasteiger partial charge in [0.2, 0.25) is 11.9 Å². The SMILES string of the molecule is Nc1ncc(CN2C[C@H](NC(=O)C3CCOCC3)[C@@H](C3CC3)C2)cn1. The van der Waals surface area contributed by atoms with E-state index < -0.39 is 0 Å². The zero-order valence-electron chi connectivity index (χ0n) is 14.6. The molecule has 136 valence electrons. The highest BCUT2D eigenvalue weighted by Crippen LogP contribution is 2.41. The van der Waals surface area contributed by atoms with Gasteiger partial charge in [0.15, 0.2) is 0 Å². The lowest BCUT2D eigenvalue weighted by Crippen LogP contribution is -2.45. The molecule has 0 unspecified atom stereocenters. The van der Waals surface area contributed by atoms with Crippen LogP contribution in [0, 0.1) is 17.8 Å². The normalized spacial score (nSPS) is 28.2. The van der Waals surface area contributed by atoms with Crippen LogP contribution in [0.4, 0.5) is 5.95 Å². The summed E-state index contributed by atoms with van der Waals surface area (Å²) in [6.07, 6.45) is 7.88. The van der Waals surface area contributed by atoms with E-state index in [-0.39, 0.29) is 17.9 Å². The van der Waals surface area contributed by atoms with Crippen LogP contribution in [0.25, 0.3) is 0 Å². The Labute approximate surface area is 148 Å². The molecule has 2 atom stereocenters. The third kappa shape index (κ3) is 4.10. The van der Waals surface area contributed by atoms with Crippen LogP contribution in [0.2, 0.25) is 0 Å². The molecule has 4 rings (SSSR count). The summed E-state index contributed by atoms with van der Waals surface area (Å²) in [6.45, 7) is 4.16. The molecule has 0 radical (unpaired) electrons. The van der Waals surface area contributed by atoms with Crippen molar-refractivity contribution in [3.05, 3.63) is 18.0 Å². The summed E-state index contributed by atoms with van der Waals surface area (Å²) in [5.41, 5.74) is 6.63. The fourth-order valence-electron chi connectivity index (χ4n) is 4.16. The second-order valence-corrected chi connectivity index (χ2v) is 7.65. The maximum absolute atomic E-state index is 12.6. The summed E-state index contributed by atoms with van der Waals surface area (Å²) in [6, 6.07) is 0.262. The topological polar surface area (TPSA) is 93.4 Å². The van der Waals surface area contributed by atoms with Crippen molar-refractivity contribution in [3.63, 3.8) is 0 Å². The van der Waals surface area contributed by atoms with Gasteiger partial charge in [-0.3, -0.25) is 9.69 Å². The summed E-state index contributed by atoms with van der Waals surface area (Å²) in [4.78, 5) is 23.2. The number of nitrogens with one attached hydrogen (secondary N) is 1. The van der Waals surface area contributed by atoms with Gasteiger partial charge in [-0.25, -0.2) is 9.97 Å². The predicted molar refractivity (Wildman–Crippen MR) is 93.4 cm³/mol. The van der Waals surface area contributed by atoms with E-state index in [0.717, 1.165) is 44.0 Å². The van der Waals surface area contributed by atoms with Gasteiger partial charge in [0, 0.05) is 62.8 Å². The molecule has 3 aliphatic rings. The Morgan fingerprint density at radius 3 is 2.60 bits per heavy atom. The van der Waals surface area contributed by atoms with E-state index in [0.29, 0.717) is 25.1 Å². The van der Waals surface area contributed by atoms with Gasteiger partial charge in [-0.05, 0) is 37.5 Å². The summed E-state index contributed by atoms with van der Waals surface area (Å²) < 4.78 is 5.37. The minimum absolute atomic E-state index is 0.119. The average molecular weight is 345 g/mol. The third-order valence-electron chi connectivity index (χ3n) is 5.72. The Morgan fingerprint density at radius 2 is 1.92 bits per heavy atom. The molecule has 3 fully saturated rings. The summed E-state index contributed by atoms with van der Waals surface area (Å²) in [7, 11) is 0. The Balaban J connectivity index is 1.36. The van der Waals surface area contributed by atoms with Crippen molar-refractivity contribution in [1.82, 2.24) is 20.2 Å². The van der Waals surface area contributed by atoms with Crippen LogP contribution in [-0.4, -0.2) is 53.1 Å². The minimum Gasteiger partial charge on any atom is -0.381 e. The van der Waals surface area contributed by atoms with Gasteiger partial charge in [0.25, 0.3) is 0 Å². The minimum atomic E-state index is 0.119. The average Bonchev–Trinajstić information content (AvgIpc) is 3.40. The highest BCUT2D eigenvalue weighted by Gasteiger charge is 2.43. The van der Waals surface area contributed by atoms with Crippen LogP contribution in [0.5, 0.6) is 0 Å². The molecule has 0 aromatic carbocycles. The smallest absolute Gasteiger partial charge is 0.223 e. The molecular weight excluding hydrogens is 318 g/mol. The number of amides is 1. The van der Waals surface area contributed by atoms with Crippen LogP contribution in [0.3, 0.4) is 0 Å². The number of nitrogens with two attached hydrogens (primary N) is 1. The highest BCUT2D eigenvalue weighted by molar-refractivity contribution is 5.79. The van der Waals surface area contributed by atoms with Gasteiger partial charge in [-0.2, -0.15) is 0 Å². The molecule has 2 aliphatic heterocycles. The molecule has 7 nitrogen and oxygen atoms in total. The lowest BCUT2D eigenvalue weighted by Gasteiger charge is -2.25. The first-order valence-electron chi connectivity index (χ1n) is 9.36. The highest BCUT2D eigenvalue weighted by atomic mass is 16.5. The Kier molecular flexibility index (Phi) is 4.85. The molecule has 1 aromatic rings. The molecule has 1 aliphatic carbocycles. The molecule has 1 aromatic heterocycles. The molecule has 2 saturated heterocycles. The van der Waals surface area contributed by atoms with Crippen molar-refractivity contribution in [3.8, 4) is 0 Å². The predicted octanol–water partition coefficient (Wildman–Crippen LogP) is 0.812. The van der Waals surface area contributed by atoms with E-state index in [1.165, 1.54) is 12.8 Å². The monoisotopic (exact) mass is 345 g/mol. The van der Waals surface area contributed by atoms with E-state index in [1.54, 1.807) is 12.4 Å². The number of nitrogens with zero attached hydrogens (tertiary/aromatic N) is 3. The van der Waals surface area contributed by atoms with Crippen molar-refractivity contribution < 1.29 is 9.53 Å². The maximum atomic E-state index is 12.6. The summed E-state index contributed by atoms with van der Waals surface area (Å²) in [5, 5.41) is 3.36. The standard InChI is InChI=1S/C18H27N5O2/c19-18-20-7-12(8-21-18)9-23-10-15(13-1-2-13)16(11-23)22-17(24)14-3-5-25-6-4-14/h7-8,13-16H,1-6,9-11H2,(H,22,24)(H2,19,20,21)/t15-,16+/m1/s1. The van der Waals surface area contributed by atoms with Gasteiger partial charge in [-0.1, -0.05) is 0 Å². The molecule has 3 heterocycles. The van der Waals surface area contributed by atoms with Crippen molar-refractivity contribution in [2.45, 2.75) is 38.3 Å². The number of carbonyl (C=O) groups excluding carboxylic acids is 1. The number of carbonyl (C=O) groups is 1. The fraction of sp³-hybridized carbons (Fsp3) is 0.722. The van der Waals surface area contributed by atoms with Gasteiger partial charge in [0.1, 0.15) is 0 Å². The van der Waals surface area contributed by atoms with Gasteiger partial charge >= 0.3 is 0 Å². The third-order valence-corrected chi connectivity index (χ3v) is 5.72. The number of likely N-dealkylation sites (tertiary alicyclic amines) is 1. The zero-order valence-corrected chi connectivity index (χ0v) is 14.6. The number of hydrogen-bond acceptors (Lipinski definition) is 6. The molecule has 25 heavy (non-hydrogen) atoms. The first-order valence-corrected chi connectivity index (χ1v) is 9.36.